The highest BCUT2D eigenvalue weighted by molar-refractivity contribution is 8.40. The van der Waals surface area contributed by atoms with Crippen LogP contribution in [0.5, 0.6) is 0 Å². The minimum absolute atomic E-state index is 0.00848. The Kier molecular flexibility index (Phi) is 7.08. The van der Waals surface area contributed by atoms with E-state index in [4.69, 9.17) is 9.47 Å². The van der Waals surface area contributed by atoms with E-state index < -0.39 is 11.9 Å². The van der Waals surface area contributed by atoms with E-state index >= 15 is 0 Å². The Bertz CT molecular complexity index is 724. The number of rotatable bonds is 4. The monoisotopic (exact) mass is 426 g/mol. The summed E-state index contributed by atoms with van der Waals surface area (Å²) in [5, 5.41) is 0. The molecule has 0 saturated heterocycles. The van der Waals surface area contributed by atoms with Gasteiger partial charge in [0.2, 0.25) is 0 Å². The van der Waals surface area contributed by atoms with E-state index in [0.717, 1.165) is 20.0 Å². The second-order valence-corrected chi connectivity index (χ2v) is 10.0. The molecule has 0 N–H and O–H groups in total. The molecule has 0 aliphatic carbocycles. The largest absolute Gasteiger partial charge is 0.462 e. The SMILES string of the molecule is CCOC(=O)C(C(=O)OCC)=C1SC2=C(SCc3ccccc3CS2)S1. The fourth-order valence-corrected chi connectivity index (χ4v) is 8.26. The third-order valence-electron chi connectivity index (χ3n) is 3.54. The van der Waals surface area contributed by atoms with Crippen LogP contribution in [0.3, 0.4) is 0 Å². The molecule has 2 aliphatic rings. The van der Waals surface area contributed by atoms with Gasteiger partial charge in [-0.1, -0.05) is 47.8 Å². The first-order chi connectivity index (χ1) is 12.6. The molecule has 0 saturated carbocycles. The van der Waals surface area contributed by atoms with Crippen molar-refractivity contribution in [3.63, 3.8) is 0 Å². The van der Waals surface area contributed by atoms with E-state index in [9.17, 15) is 9.59 Å². The molecular formula is C18H18O4S4. The number of benzene rings is 1. The highest BCUT2D eigenvalue weighted by Crippen LogP contribution is 2.60. The van der Waals surface area contributed by atoms with Gasteiger partial charge in [0.1, 0.15) is 0 Å². The number of esters is 2. The molecule has 26 heavy (non-hydrogen) atoms. The van der Waals surface area contributed by atoms with Crippen molar-refractivity contribution < 1.29 is 19.1 Å². The molecule has 0 spiro atoms. The highest BCUT2D eigenvalue weighted by atomic mass is 32.3. The molecule has 2 aliphatic heterocycles. The Hall–Kier alpha value is -0.960. The van der Waals surface area contributed by atoms with Gasteiger partial charge in [0.25, 0.3) is 0 Å². The molecule has 0 fully saturated rings. The predicted molar refractivity (Wildman–Crippen MR) is 112 cm³/mol. The van der Waals surface area contributed by atoms with Crippen LogP contribution in [-0.2, 0) is 30.6 Å². The first-order valence-electron chi connectivity index (χ1n) is 8.14. The summed E-state index contributed by atoms with van der Waals surface area (Å²) in [4.78, 5) is 24.7. The smallest absolute Gasteiger partial charge is 0.347 e. The third-order valence-corrected chi connectivity index (χ3v) is 9.16. The zero-order valence-electron chi connectivity index (χ0n) is 14.4. The predicted octanol–water partition coefficient (Wildman–Crippen LogP) is 5.11. The lowest BCUT2D eigenvalue weighted by Gasteiger charge is -2.13. The van der Waals surface area contributed by atoms with Gasteiger partial charge in [-0.2, -0.15) is 0 Å². The van der Waals surface area contributed by atoms with Crippen LogP contribution in [-0.4, -0.2) is 25.2 Å². The Morgan fingerprint density at radius 3 is 1.77 bits per heavy atom. The van der Waals surface area contributed by atoms with E-state index in [2.05, 4.69) is 24.3 Å². The molecule has 0 atom stereocenters. The van der Waals surface area contributed by atoms with E-state index in [1.165, 1.54) is 34.7 Å². The first-order valence-corrected chi connectivity index (χ1v) is 11.7. The number of thioether (sulfide) groups is 4. The topological polar surface area (TPSA) is 52.6 Å². The second-order valence-electron chi connectivity index (χ2n) is 5.23. The van der Waals surface area contributed by atoms with Crippen LogP contribution in [0.15, 0.2) is 42.6 Å². The summed E-state index contributed by atoms with van der Waals surface area (Å²) in [5.74, 6) is 0.527. The van der Waals surface area contributed by atoms with Crippen molar-refractivity contribution in [3.8, 4) is 0 Å². The van der Waals surface area contributed by atoms with Crippen LogP contribution in [0.1, 0.15) is 25.0 Å². The molecule has 3 rings (SSSR count). The average Bonchev–Trinajstić information content (AvgIpc) is 2.99. The highest BCUT2D eigenvalue weighted by Gasteiger charge is 2.33. The molecule has 2 heterocycles. The molecule has 138 valence electrons. The number of carbonyl (C=O) groups is 2. The molecule has 0 radical (unpaired) electrons. The lowest BCUT2D eigenvalue weighted by molar-refractivity contribution is -0.146. The average molecular weight is 427 g/mol. The quantitative estimate of drug-likeness (QED) is 0.285. The molecule has 1 aromatic carbocycles. The van der Waals surface area contributed by atoms with Gasteiger partial charge in [0, 0.05) is 11.5 Å². The van der Waals surface area contributed by atoms with Crippen LogP contribution >= 0.6 is 47.0 Å². The standard InChI is InChI=1S/C18H18O4S4/c1-3-21-14(19)13(15(20)22-4-2)16-25-17-18(26-16)24-10-12-8-6-5-7-11(12)9-23-17/h5-8H,3-4,9-10H2,1-2H3. The molecule has 8 heteroatoms. The molecule has 0 bridgehead atoms. The number of carbonyl (C=O) groups excluding carboxylic acids is 2. The Morgan fingerprint density at radius 1 is 0.885 bits per heavy atom. The first kappa shape index (κ1) is 19.8. The van der Waals surface area contributed by atoms with E-state index in [-0.39, 0.29) is 18.8 Å². The molecule has 1 aromatic rings. The van der Waals surface area contributed by atoms with Crippen molar-refractivity contribution in [2.24, 2.45) is 0 Å². The summed E-state index contributed by atoms with van der Waals surface area (Å²) in [5.41, 5.74) is 2.67. The zero-order valence-corrected chi connectivity index (χ0v) is 17.7. The zero-order chi connectivity index (χ0) is 18.5. The van der Waals surface area contributed by atoms with Crippen molar-refractivity contribution in [2.75, 3.05) is 13.2 Å². The van der Waals surface area contributed by atoms with Gasteiger partial charge < -0.3 is 9.47 Å². The van der Waals surface area contributed by atoms with E-state index in [1.54, 1.807) is 37.4 Å². The fourth-order valence-electron chi connectivity index (χ4n) is 2.33. The van der Waals surface area contributed by atoms with Gasteiger partial charge in [-0.3, -0.25) is 0 Å². The number of hydrogen-bond acceptors (Lipinski definition) is 8. The van der Waals surface area contributed by atoms with Crippen molar-refractivity contribution in [1.82, 2.24) is 0 Å². The van der Waals surface area contributed by atoms with Crippen LogP contribution in [0.4, 0.5) is 0 Å². The Balaban J connectivity index is 1.85. The lowest BCUT2D eigenvalue weighted by Crippen LogP contribution is -2.19. The Labute approximate surface area is 169 Å². The minimum Gasteiger partial charge on any atom is -0.462 e. The van der Waals surface area contributed by atoms with Crippen LogP contribution in [0.25, 0.3) is 0 Å². The fraction of sp³-hybridized carbons (Fsp3) is 0.333. The van der Waals surface area contributed by atoms with Crippen molar-refractivity contribution >= 4 is 59.0 Å². The summed E-state index contributed by atoms with van der Waals surface area (Å²) >= 11 is 6.43. The lowest BCUT2D eigenvalue weighted by atomic mass is 10.1. The number of fused-ring (bicyclic) bond motifs is 1. The second kappa shape index (κ2) is 9.30. The van der Waals surface area contributed by atoms with Crippen molar-refractivity contribution in [3.05, 3.63) is 53.7 Å². The van der Waals surface area contributed by atoms with Crippen molar-refractivity contribution in [2.45, 2.75) is 25.4 Å². The van der Waals surface area contributed by atoms with E-state index in [0.29, 0.717) is 4.24 Å². The van der Waals surface area contributed by atoms with Crippen LogP contribution in [0.2, 0.25) is 0 Å². The summed E-state index contributed by atoms with van der Waals surface area (Å²) in [6, 6.07) is 8.42. The molecular weight excluding hydrogens is 408 g/mol. The number of hydrogen-bond donors (Lipinski definition) is 0. The van der Waals surface area contributed by atoms with Crippen LogP contribution < -0.4 is 0 Å². The van der Waals surface area contributed by atoms with Gasteiger partial charge in [-0.15, -0.1) is 23.5 Å². The molecule has 0 unspecified atom stereocenters. The maximum absolute atomic E-state index is 12.3. The number of ether oxygens (including phenoxy) is 2. The third kappa shape index (κ3) is 4.47. The molecule has 0 amide bonds. The summed E-state index contributed by atoms with van der Waals surface area (Å²) in [7, 11) is 0. The summed E-state index contributed by atoms with van der Waals surface area (Å²) in [6.45, 7) is 3.88. The maximum atomic E-state index is 12.3. The van der Waals surface area contributed by atoms with Crippen molar-refractivity contribution in [1.29, 1.82) is 0 Å². The minimum atomic E-state index is -0.616. The van der Waals surface area contributed by atoms with Gasteiger partial charge in [-0.05, 0) is 25.0 Å². The van der Waals surface area contributed by atoms with Gasteiger partial charge in [0.05, 0.1) is 25.9 Å². The summed E-state index contributed by atoms with van der Waals surface area (Å²) in [6.07, 6.45) is 0. The normalized spacial score (nSPS) is 16.3. The Morgan fingerprint density at radius 2 is 1.35 bits per heavy atom. The molecule has 4 nitrogen and oxygen atoms in total. The van der Waals surface area contributed by atoms with Gasteiger partial charge in [0.15, 0.2) is 5.57 Å². The van der Waals surface area contributed by atoms with Crippen LogP contribution in [0, 0.1) is 0 Å². The van der Waals surface area contributed by atoms with Gasteiger partial charge >= 0.3 is 11.9 Å². The maximum Gasteiger partial charge on any atom is 0.347 e. The van der Waals surface area contributed by atoms with Gasteiger partial charge in [-0.25, -0.2) is 9.59 Å². The molecule has 0 aromatic heterocycles. The summed E-state index contributed by atoms with van der Waals surface area (Å²) < 4.78 is 13.1. The van der Waals surface area contributed by atoms with E-state index in [1.807, 2.05) is 0 Å².